The van der Waals surface area contributed by atoms with Crippen LogP contribution in [-0.2, 0) is 4.79 Å². The molecule has 4 heteroatoms. The molecule has 4 aliphatic carbocycles. The van der Waals surface area contributed by atoms with E-state index in [9.17, 15) is 4.79 Å². The minimum Gasteiger partial charge on any atom is -0.490 e. The van der Waals surface area contributed by atoms with Gasteiger partial charge < -0.3 is 14.8 Å². The second kappa shape index (κ2) is 7.50. The minimum atomic E-state index is -0.0407. The van der Waals surface area contributed by atoms with Crippen molar-refractivity contribution in [3.05, 3.63) is 24.3 Å². The van der Waals surface area contributed by atoms with Crippen molar-refractivity contribution in [3.8, 4) is 11.5 Å². The van der Waals surface area contributed by atoms with Gasteiger partial charge in [-0.15, -0.1) is 0 Å². The molecule has 4 nitrogen and oxygen atoms in total. The maximum atomic E-state index is 12.2. The Morgan fingerprint density at radius 3 is 2.19 bits per heavy atom. The predicted octanol–water partition coefficient (Wildman–Crippen LogP) is 4.19. The van der Waals surface area contributed by atoms with Crippen LogP contribution < -0.4 is 14.8 Å². The molecule has 142 valence electrons. The smallest absolute Gasteiger partial charge is 0.257 e. The number of para-hydroxylation sites is 2. The van der Waals surface area contributed by atoms with Gasteiger partial charge in [0, 0.05) is 6.54 Å². The lowest BCUT2D eigenvalue weighted by atomic mass is 9.49. The van der Waals surface area contributed by atoms with E-state index in [-0.39, 0.29) is 12.5 Å². The molecule has 0 aliphatic heterocycles. The molecule has 4 aliphatic rings. The van der Waals surface area contributed by atoms with Gasteiger partial charge in [-0.1, -0.05) is 12.1 Å². The molecule has 0 atom stereocenters. The minimum absolute atomic E-state index is 0.0407. The third-order valence-electron chi connectivity index (χ3n) is 6.65. The Balaban J connectivity index is 1.23. The number of amides is 1. The normalized spacial score (nSPS) is 31.7. The van der Waals surface area contributed by atoms with Crippen LogP contribution in [0.15, 0.2) is 24.3 Å². The quantitative estimate of drug-likeness (QED) is 0.759. The van der Waals surface area contributed by atoms with Crippen LogP contribution in [0, 0.1) is 23.2 Å². The summed E-state index contributed by atoms with van der Waals surface area (Å²) in [5.74, 6) is 4.18. The summed E-state index contributed by atoms with van der Waals surface area (Å²) in [5.41, 5.74) is 0.518. The zero-order valence-electron chi connectivity index (χ0n) is 15.8. The number of nitrogens with one attached hydrogen (secondary N) is 1. The molecular weight excluding hydrogens is 326 g/mol. The number of benzene rings is 1. The fourth-order valence-electron chi connectivity index (χ4n) is 6.10. The van der Waals surface area contributed by atoms with Gasteiger partial charge in [0.25, 0.3) is 5.91 Å². The van der Waals surface area contributed by atoms with Crippen LogP contribution in [-0.4, -0.2) is 25.7 Å². The average Bonchev–Trinajstić information content (AvgIpc) is 2.60. The topological polar surface area (TPSA) is 47.6 Å². The number of ether oxygens (including phenoxy) is 2. The van der Waals surface area contributed by atoms with Crippen molar-refractivity contribution in [2.24, 2.45) is 23.2 Å². The molecule has 0 aromatic heterocycles. The van der Waals surface area contributed by atoms with Crippen molar-refractivity contribution in [2.75, 3.05) is 19.8 Å². The lowest BCUT2D eigenvalue weighted by Gasteiger charge is -2.57. The molecule has 5 rings (SSSR count). The van der Waals surface area contributed by atoms with Gasteiger partial charge in [0.15, 0.2) is 18.1 Å². The molecule has 4 saturated carbocycles. The van der Waals surface area contributed by atoms with E-state index in [0.29, 0.717) is 23.5 Å². The molecule has 0 radical (unpaired) electrons. The van der Waals surface area contributed by atoms with Gasteiger partial charge >= 0.3 is 0 Å². The molecule has 1 aromatic rings. The Morgan fingerprint density at radius 2 is 1.62 bits per heavy atom. The second-order valence-corrected chi connectivity index (χ2v) is 8.69. The standard InChI is InChI=1S/C22H31NO3/c1-2-25-19-5-3-4-6-20(19)26-15-21(24)23-8-7-22-12-16-9-17(13-22)11-18(10-16)14-22/h3-6,16-18H,2,7-15H2,1H3,(H,23,24). The Labute approximate surface area is 156 Å². The van der Waals surface area contributed by atoms with Crippen molar-refractivity contribution in [1.82, 2.24) is 5.32 Å². The zero-order chi connectivity index (χ0) is 18.0. The third kappa shape index (κ3) is 3.84. The van der Waals surface area contributed by atoms with E-state index in [2.05, 4.69) is 5.32 Å². The Morgan fingerprint density at radius 1 is 1.04 bits per heavy atom. The Kier molecular flexibility index (Phi) is 5.10. The van der Waals surface area contributed by atoms with E-state index >= 15 is 0 Å². The molecule has 4 bridgehead atoms. The highest BCUT2D eigenvalue weighted by Gasteiger charge is 2.50. The summed E-state index contributed by atoms with van der Waals surface area (Å²) in [6.07, 6.45) is 9.74. The fourth-order valence-corrected chi connectivity index (χ4v) is 6.10. The highest BCUT2D eigenvalue weighted by Crippen LogP contribution is 2.61. The molecule has 0 saturated heterocycles. The summed E-state index contributed by atoms with van der Waals surface area (Å²) in [6.45, 7) is 3.35. The largest absolute Gasteiger partial charge is 0.490 e. The highest BCUT2D eigenvalue weighted by atomic mass is 16.5. The summed E-state index contributed by atoms with van der Waals surface area (Å²) in [4.78, 5) is 12.2. The first kappa shape index (κ1) is 17.7. The van der Waals surface area contributed by atoms with Crippen LogP contribution in [0.3, 0.4) is 0 Å². The molecule has 26 heavy (non-hydrogen) atoms. The molecule has 1 aromatic carbocycles. The SMILES string of the molecule is CCOc1ccccc1OCC(=O)NCCC12CC3CC(CC(C3)C1)C2. The van der Waals surface area contributed by atoms with Crippen molar-refractivity contribution >= 4 is 5.91 Å². The second-order valence-electron chi connectivity index (χ2n) is 8.69. The van der Waals surface area contributed by atoms with E-state index in [1.54, 1.807) is 0 Å². The van der Waals surface area contributed by atoms with Crippen LogP contribution in [0.4, 0.5) is 0 Å². The van der Waals surface area contributed by atoms with Crippen LogP contribution in [0.2, 0.25) is 0 Å². The van der Waals surface area contributed by atoms with Crippen LogP contribution >= 0.6 is 0 Å². The van der Waals surface area contributed by atoms with E-state index in [4.69, 9.17) is 9.47 Å². The lowest BCUT2D eigenvalue weighted by molar-refractivity contribution is -0.123. The molecular formula is C22H31NO3. The maximum Gasteiger partial charge on any atom is 0.257 e. The molecule has 0 spiro atoms. The first-order valence-corrected chi connectivity index (χ1v) is 10.3. The zero-order valence-corrected chi connectivity index (χ0v) is 15.8. The maximum absolute atomic E-state index is 12.2. The monoisotopic (exact) mass is 357 g/mol. The van der Waals surface area contributed by atoms with Crippen LogP contribution in [0.1, 0.15) is 51.9 Å². The van der Waals surface area contributed by atoms with Gasteiger partial charge in [-0.2, -0.15) is 0 Å². The summed E-state index contributed by atoms with van der Waals surface area (Å²) >= 11 is 0. The third-order valence-corrected chi connectivity index (χ3v) is 6.65. The number of hydrogen-bond donors (Lipinski definition) is 1. The predicted molar refractivity (Wildman–Crippen MR) is 101 cm³/mol. The summed E-state index contributed by atoms with van der Waals surface area (Å²) in [5, 5.41) is 3.07. The van der Waals surface area contributed by atoms with Gasteiger partial charge in [-0.05, 0) is 87.2 Å². The number of rotatable bonds is 8. The summed E-state index contributed by atoms with van der Waals surface area (Å²) in [7, 11) is 0. The van der Waals surface area contributed by atoms with Crippen LogP contribution in [0.25, 0.3) is 0 Å². The van der Waals surface area contributed by atoms with Gasteiger partial charge in [-0.25, -0.2) is 0 Å². The first-order chi connectivity index (χ1) is 12.7. The molecule has 0 heterocycles. The summed E-state index contributed by atoms with van der Waals surface area (Å²) in [6, 6.07) is 7.50. The van der Waals surface area contributed by atoms with E-state index in [1.165, 1.54) is 38.5 Å². The van der Waals surface area contributed by atoms with E-state index in [0.717, 1.165) is 30.7 Å². The van der Waals surface area contributed by atoms with E-state index < -0.39 is 0 Å². The van der Waals surface area contributed by atoms with Gasteiger partial charge in [0.05, 0.1) is 6.61 Å². The molecule has 1 amide bonds. The van der Waals surface area contributed by atoms with E-state index in [1.807, 2.05) is 31.2 Å². The van der Waals surface area contributed by atoms with Crippen LogP contribution in [0.5, 0.6) is 11.5 Å². The Bertz CT molecular complexity index is 607. The average molecular weight is 357 g/mol. The number of hydrogen-bond acceptors (Lipinski definition) is 3. The van der Waals surface area contributed by atoms with Crippen molar-refractivity contribution in [2.45, 2.75) is 51.9 Å². The number of carbonyl (C=O) groups excluding carboxylic acids is 1. The van der Waals surface area contributed by atoms with Gasteiger partial charge in [0.1, 0.15) is 0 Å². The number of carbonyl (C=O) groups is 1. The molecule has 0 unspecified atom stereocenters. The molecule has 1 N–H and O–H groups in total. The summed E-state index contributed by atoms with van der Waals surface area (Å²) < 4.78 is 11.2. The van der Waals surface area contributed by atoms with Crippen molar-refractivity contribution in [1.29, 1.82) is 0 Å². The molecule has 4 fully saturated rings. The first-order valence-electron chi connectivity index (χ1n) is 10.3. The fraction of sp³-hybridized carbons (Fsp3) is 0.682. The van der Waals surface area contributed by atoms with Crippen molar-refractivity contribution in [3.63, 3.8) is 0 Å². The van der Waals surface area contributed by atoms with Gasteiger partial charge in [-0.3, -0.25) is 4.79 Å². The lowest BCUT2D eigenvalue weighted by Crippen LogP contribution is -2.47. The van der Waals surface area contributed by atoms with Gasteiger partial charge in [0.2, 0.25) is 0 Å². The Hall–Kier alpha value is -1.71. The highest BCUT2D eigenvalue weighted by molar-refractivity contribution is 5.77. The van der Waals surface area contributed by atoms with Crippen molar-refractivity contribution < 1.29 is 14.3 Å².